The highest BCUT2D eigenvalue weighted by molar-refractivity contribution is 4.74. The Morgan fingerprint density at radius 1 is 0.923 bits per heavy atom. The van der Waals surface area contributed by atoms with Crippen LogP contribution in [0.3, 0.4) is 0 Å². The van der Waals surface area contributed by atoms with Crippen molar-refractivity contribution in [1.29, 1.82) is 0 Å². The predicted molar refractivity (Wildman–Crippen MR) is 61.1 cm³/mol. The first kappa shape index (κ1) is 13.0. The third-order valence-electron chi connectivity index (χ3n) is 2.87. The molecule has 13 heavy (non-hydrogen) atoms. The Balaban J connectivity index is 3.91. The van der Waals surface area contributed by atoms with Gasteiger partial charge in [-0.25, -0.2) is 0 Å². The molecule has 0 saturated heterocycles. The number of hydrogen-bond acceptors (Lipinski definition) is 1. The van der Waals surface area contributed by atoms with Crippen molar-refractivity contribution < 1.29 is 0 Å². The van der Waals surface area contributed by atoms with Crippen molar-refractivity contribution in [2.45, 2.75) is 52.9 Å². The van der Waals surface area contributed by atoms with Crippen molar-refractivity contribution in [2.24, 2.45) is 5.41 Å². The fourth-order valence-corrected chi connectivity index (χ4v) is 2.08. The molecule has 0 N–H and O–H groups in total. The second kappa shape index (κ2) is 6.42. The zero-order valence-corrected chi connectivity index (χ0v) is 10.2. The highest BCUT2D eigenvalue weighted by atomic mass is 15.0. The van der Waals surface area contributed by atoms with Gasteiger partial charge >= 0.3 is 0 Å². The Labute approximate surface area is 84.5 Å². The molecule has 0 aliphatic heterocycles. The van der Waals surface area contributed by atoms with Gasteiger partial charge in [-0.3, -0.25) is 0 Å². The SMILES string of the molecule is CCCC(C)(CCC)CCN(C)C. The van der Waals surface area contributed by atoms with Crippen molar-refractivity contribution in [2.75, 3.05) is 20.6 Å². The van der Waals surface area contributed by atoms with Crippen LogP contribution in [0.5, 0.6) is 0 Å². The van der Waals surface area contributed by atoms with Gasteiger partial charge in [-0.1, -0.05) is 33.6 Å². The number of hydrogen-bond donors (Lipinski definition) is 0. The fourth-order valence-electron chi connectivity index (χ4n) is 2.08. The molecule has 0 rings (SSSR count). The molecule has 0 unspecified atom stereocenters. The minimum Gasteiger partial charge on any atom is -0.309 e. The first-order valence-electron chi connectivity index (χ1n) is 5.69. The average molecular weight is 185 g/mol. The zero-order chi connectivity index (χ0) is 10.3. The van der Waals surface area contributed by atoms with Gasteiger partial charge in [0.1, 0.15) is 0 Å². The largest absolute Gasteiger partial charge is 0.309 e. The maximum absolute atomic E-state index is 2.45. The quantitative estimate of drug-likeness (QED) is 0.586. The predicted octanol–water partition coefficient (Wildman–Crippen LogP) is 3.54. The standard InChI is InChI=1S/C12H27N/c1-6-8-12(3,9-7-2)10-11-13(4)5/h6-11H2,1-5H3. The van der Waals surface area contributed by atoms with Crippen molar-refractivity contribution in [3.05, 3.63) is 0 Å². The molecule has 0 radical (unpaired) electrons. The van der Waals surface area contributed by atoms with Crippen LogP contribution in [-0.4, -0.2) is 25.5 Å². The molecule has 0 fully saturated rings. The molecule has 0 bridgehead atoms. The molecule has 0 aliphatic carbocycles. The second-order valence-corrected chi connectivity index (χ2v) is 4.86. The third kappa shape index (κ3) is 6.09. The molecule has 0 aliphatic rings. The summed E-state index contributed by atoms with van der Waals surface area (Å²) in [6, 6.07) is 0. The Hall–Kier alpha value is -0.0400. The topological polar surface area (TPSA) is 3.24 Å². The van der Waals surface area contributed by atoms with Gasteiger partial charge in [0.05, 0.1) is 0 Å². The van der Waals surface area contributed by atoms with Gasteiger partial charge < -0.3 is 4.90 Å². The van der Waals surface area contributed by atoms with Crippen molar-refractivity contribution in [1.82, 2.24) is 4.90 Å². The second-order valence-electron chi connectivity index (χ2n) is 4.86. The monoisotopic (exact) mass is 185 g/mol. The van der Waals surface area contributed by atoms with E-state index in [1.165, 1.54) is 38.6 Å². The normalized spacial score (nSPS) is 12.5. The molecule has 0 aromatic heterocycles. The van der Waals surface area contributed by atoms with Crippen LogP contribution in [-0.2, 0) is 0 Å². The van der Waals surface area contributed by atoms with Gasteiger partial charge in [0.15, 0.2) is 0 Å². The van der Waals surface area contributed by atoms with Crippen molar-refractivity contribution in [3.8, 4) is 0 Å². The van der Waals surface area contributed by atoms with Gasteiger partial charge in [-0.2, -0.15) is 0 Å². The minimum absolute atomic E-state index is 0.591. The number of rotatable bonds is 7. The van der Waals surface area contributed by atoms with Crippen molar-refractivity contribution >= 4 is 0 Å². The molecule has 1 heteroatoms. The highest BCUT2D eigenvalue weighted by Crippen LogP contribution is 2.32. The lowest BCUT2D eigenvalue weighted by Gasteiger charge is -2.30. The van der Waals surface area contributed by atoms with E-state index in [-0.39, 0.29) is 0 Å². The van der Waals surface area contributed by atoms with Crippen LogP contribution in [0.4, 0.5) is 0 Å². The van der Waals surface area contributed by atoms with Crippen LogP contribution in [0.25, 0.3) is 0 Å². The van der Waals surface area contributed by atoms with Crippen LogP contribution in [0.1, 0.15) is 52.9 Å². The van der Waals surface area contributed by atoms with Gasteiger partial charge in [-0.05, 0) is 45.3 Å². The molecular weight excluding hydrogens is 158 g/mol. The van der Waals surface area contributed by atoms with Gasteiger partial charge in [-0.15, -0.1) is 0 Å². The maximum Gasteiger partial charge on any atom is -0.00196 e. The number of nitrogens with zero attached hydrogens (tertiary/aromatic N) is 1. The van der Waals surface area contributed by atoms with E-state index in [2.05, 4.69) is 39.8 Å². The molecule has 80 valence electrons. The highest BCUT2D eigenvalue weighted by Gasteiger charge is 2.21. The van der Waals surface area contributed by atoms with Crippen LogP contribution < -0.4 is 0 Å². The zero-order valence-electron chi connectivity index (χ0n) is 10.2. The molecule has 0 aromatic carbocycles. The molecule has 0 atom stereocenters. The Bertz CT molecular complexity index is 112. The van der Waals surface area contributed by atoms with E-state index in [0.717, 1.165) is 0 Å². The summed E-state index contributed by atoms with van der Waals surface area (Å²) in [5.41, 5.74) is 0.591. The van der Waals surface area contributed by atoms with Crippen LogP contribution in [0.15, 0.2) is 0 Å². The lowest BCUT2D eigenvalue weighted by molar-refractivity contribution is 0.213. The summed E-state index contributed by atoms with van der Waals surface area (Å²) in [6.07, 6.45) is 6.76. The molecule has 0 saturated carbocycles. The Morgan fingerprint density at radius 2 is 1.38 bits per heavy atom. The van der Waals surface area contributed by atoms with E-state index < -0.39 is 0 Å². The molecule has 0 amide bonds. The summed E-state index contributed by atoms with van der Waals surface area (Å²) in [4.78, 5) is 2.30. The lowest BCUT2D eigenvalue weighted by atomic mass is 9.78. The molecule has 0 aromatic rings. The summed E-state index contributed by atoms with van der Waals surface area (Å²) < 4.78 is 0. The van der Waals surface area contributed by atoms with E-state index in [9.17, 15) is 0 Å². The van der Waals surface area contributed by atoms with E-state index in [1.807, 2.05) is 0 Å². The summed E-state index contributed by atoms with van der Waals surface area (Å²) in [5.74, 6) is 0. The molecule has 0 heterocycles. The maximum atomic E-state index is 2.45. The summed E-state index contributed by atoms with van der Waals surface area (Å²) >= 11 is 0. The van der Waals surface area contributed by atoms with Gasteiger partial charge in [0.25, 0.3) is 0 Å². The lowest BCUT2D eigenvalue weighted by Crippen LogP contribution is -2.23. The van der Waals surface area contributed by atoms with Crippen LogP contribution in [0.2, 0.25) is 0 Å². The molecular formula is C12H27N. The van der Waals surface area contributed by atoms with Crippen molar-refractivity contribution in [3.63, 3.8) is 0 Å². The summed E-state index contributed by atoms with van der Waals surface area (Å²) in [7, 11) is 4.33. The summed E-state index contributed by atoms with van der Waals surface area (Å²) in [5, 5.41) is 0. The first-order valence-corrected chi connectivity index (χ1v) is 5.69. The summed E-state index contributed by atoms with van der Waals surface area (Å²) in [6.45, 7) is 8.27. The average Bonchev–Trinajstić information content (AvgIpc) is 2.02. The van der Waals surface area contributed by atoms with Gasteiger partial charge in [0.2, 0.25) is 0 Å². The fraction of sp³-hybridized carbons (Fsp3) is 1.00. The van der Waals surface area contributed by atoms with Crippen LogP contribution >= 0.6 is 0 Å². The molecule has 0 spiro atoms. The third-order valence-corrected chi connectivity index (χ3v) is 2.87. The van der Waals surface area contributed by atoms with Crippen LogP contribution in [0, 0.1) is 5.41 Å². The van der Waals surface area contributed by atoms with E-state index in [0.29, 0.717) is 5.41 Å². The van der Waals surface area contributed by atoms with E-state index in [1.54, 1.807) is 0 Å². The van der Waals surface area contributed by atoms with E-state index >= 15 is 0 Å². The van der Waals surface area contributed by atoms with Gasteiger partial charge in [0, 0.05) is 0 Å². The minimum atomic E-state index is 0.591. The Morgan fingerprint density at radius 3 is 1.69 bits per heavy atom. The first-order chi connectivity index (χ1) is 6.04. The van der Waals surface area contributed by atoms with E-state index in [4.69, 9.17) is 0 Å². The molecule has 1 nitrogen and oxygen atoms in total. The smallest absolute Gasteiger partial charge is 0.00196 e. The Kier molecular flexibility index (Phi) is 6.40.